The summed E-state index contributed by atoms with van der Waals surface area (Å²) in [6.07, 6.45) is 0.429. The fourth-order valence-corrected chi connectivity index (χ4v) is 3.71. The first-order valence-corrected chi connectivity index (χ1v) is 9.73. The second-order valence-electron chi connectivity index (χ2n) is 6.32. The molecule has 26 heavy (non-hydrogen) atoms. The maximum atomic E-state index is 12.2. The molecule has 0 radical (unpaired) electrons. The van der Waals surface area contributed by atoms with E-state index in [4.69, 9.17) is 9.15 Å². The molecule has 140 valence electrons. The van der Waals surface area contributed by atoms with Gasteiger partial charge in [0.05, 0.1) is 24.1 Å². The zero-order chi connectivity index (χ0) is 18.4. The smallest absolute Gasteiger partial charge is 0.220 e. The first kappa shape index (κ1) is 18.8. The minimum Gasteiger partial charge on any atom is -0.465 e. The maximum absolute atomic E-state index is 12.2. The number of amides is 1. The molecule has 0 spiro atoms. The molecule has 1 fully saturated rings. The molecule has 0 bridgehead atoms. The van der Waals surface area contributed by atoms with Crippen molar-refractivity contribution in [3.05, 3.63) is 46.0 Å². The van der Waals surface area contributed by atoms with Crippen LogP contribution in [0.15, 0.2) is 34.1 Å². The van der Waals surface area contributed by atoms with E-state index >= 15 is 0 Å². The van der Waals surface area contributed by atoms with Crippen LogP contribution in [0.2, 0.25) is 0 Å². The zero-order valence-electron chi connectivity index (χ0n) is 14.9. The van der Waals surface area contributed by atoms with Gasteiger partial charge in [0.2, 0.25) is 5.91 Å². The summed E-state index contributed by atoms with van der Waals surface area (Å²) < 4.78 is 11.2. The molecule has 2 aromatic heterocycles. The number of aryl methyl sites for hydroxylation is 1. The summed E-state index contributed by atoms with van der Waals surface area (Å²) in [5, 5.41) is 4.82. The second-order valence-corrected chi connectivity index (χ2v) is 7.26. The molecule has 1 unspecified atom stereocenters. The largest absolute Gasteiger partial charge is 0.465 e. The van der Waals surface area contributed by atoms with Crippen LogP contribution in [-0.2, 0) is 9.53 Å². The van der Waals surface area contributed by atoms with E-state index in [-0.39, 0.29) is 30.6 Å². The molecule has 3 rings (SSSR count). The van der Waals surface area contributed by atoms with E-state index in [2.05, 4.69) is 10.2 Å². The maximum Gasteiger partial charge on any atom is 0.220 e. The van der Waals surface area contributed by atoms with E-state index in [1.165, 1.54) is 11.3 Å². The number of hydrogen-bond donors (Lipinski definition) is 1. The molecule has 1 atom stereocenters. The number of Topliss-reactive ketones (excluding diaryl/α,β-unsaturated/α-hetero) is 1. The molecular formula is C19H24N2O4S. The number of carbonyl (C=O) groups is 2. The van der Waals surface area contributed by atoms with Crippen molar-refractivity contribution in [1.82, 2.24) is 10.2 Å². The van der Waals surface area contributed by atoms with Gasteiger partial charge in [-0.3, -0.25) is 14.5 Å². The Kier molecular flexibility index (Phi) is 6.60. The van der Waals surface area contributed by atoms with E-state index in [0.717, 1.165) is 24.6 Å². The number of thiophene rings is 1. The van der Waals surface area contributed by atoms with Gasteiger partial charge in [0.15, 0.2) is 5.78 Å². The predicted molar refractivity (Wildman–Crippen MR) is 99.5 cm³/mol. The monoisotopic (exact) mass is 376 g/mol. The van der Waals surface area contributed by atoms with Gasteiger partial charge < -0.3 is 14.5 Å². The molecule has 1 aliphatic heterocycles. The highest BCUT2D eigenvalue weighted by molar-refractivity contribution is 7.12. The third kappa shape index (κ3) is 5.03. The number of nitrogens with one attached hydrogen (secondary N) is 1. The van der Waals surface area contributed by atoms with Gasteiger partial charge in [-0.1, -0.05) is 6.07 Å². The molecule has 7 heteroatoms. The van der Waals surface area contributed by atoms with Crippen molar-refractivity contribution in [2.24, 2.45) is 0 Å². The van der Waals surface area contributed by atoms with Crippen LogP contribution in [0.1, 0.15) is 40.1 Å². The van der Waals surface area contributed by atoms with Crippen LogP contribution in [0.4, 0.5) is 0 Å². The van der Waals surface area contributed by atoms with E-state index < -0.39 is 0 Å². The molecule has 1 saturated heterocycles. The summed E-state index contributed by atoms with van der Waals surface area (Å²) in [5.74, 6) is 1.60. The van der Waals surface area contributed by atoms with Crippen molar-refractivity contribution in [3.63, 3.8) is 0 Å². The van der Waals surface area contributed by atoms with Gasteiger partial charge >= 0.3 is 0 Å². The average Bonchev–Trinajstić information content (AvgIpc) is 3.33. The van der Waals surface area contributed by atoms with Gasteiger partial charge in [0.1, 0.15) is 11.5 Å². The highest BCUT2D eigenvalue weighted by Gasteiger charge is 2.25. The lowest BCUT2D eigenvalue weighted by Gasteiger charge is -2.33. The van der Waals surface area contributed by atoms with E-state index in [1.807, 2.05) is 30.5 Å². The lowest BCUT2D eigenvalue weighted by atomic mass is 10.1. The number of carbonyl (C=O) groups excluding carboxylic acids is 2. The highest BCUT2D eigenvalue weighted by atomic mass is 32.1. The van der Waals surface area contributed by atoms with Crippen LogP contribution in [-0.4, -0.2) is 49.4 Å². The molecular weight excluding hydrogens is 352 g/mol. The number of ether oxygens (including phenoxy) is 1. The Balaban J connectivity index is 1.53. The van der Waals surface area contributed by atoms with Crippen LogP contribution in [0.25, 0.3) is 0 Å². The van der Waals surface area contributed by atoms with Crippen molar-refractivity contribution < 1.29 is 18.7 Å². The molecule has 3 heterocycles. The highest BCUT2D eigenvalue weighted by Crippen LogP contribution is 2.23. The van der Waals surface area contributed by atoms with Crippen molar-refractivity contribution in [2.45, 2.75) is 25.8 Å². The molecule has 0 saturated carbocycles. The van der Waals surface area contributed by atoms with Gasteiger partial charge in [0, 0.05) is 32.5 Å². The molecule has 2 aromatic rings. The van der Waals surface area contributed by atoms with Gasteiger partial charge in [-0.25, -0.2) is 0 Å². The van der Waals surface area contributed by atoms with Crippen LogP contribution < -0.4 is 5.32 Å². The second kappa shape index (κ2) is 9.12. The van der Waals surface area contributed by atoms with Gasteiger partial charge in [0.25, 0.3) is 0 Å². The number of furan rings is 1. The Labute approximate surface area is 157 Å². The lowest BCUT2D eigenvalue weighted by Crippen LogP contribution is -2.43. The van der Waals surface area contributed by atoms with Crippen molar-refractivity contribution in [2.75, 3.05) is 32.8 Å². The molecule has 1 amide bonds. The van der Waals surface area contributed by atoms with Crippen LogP contribution >= 0.6 is 11.3 Å². The topological polar surface area (TPSA) is 71.8 Å². The molecule has 0 aromatic carbocycles. The number of ketones is 1. The summed E-state index contributed by atoms with van der Waals surface area (Å²) in [4.78, 5) is 27.2. The van der Waals surface area contributed by atoms with Crippen LogP contribution in [0.5, 0.6) is 0 Å². The molecule has 6 nitrogen and oxygen atoms in total. The standard InChI is InChI=1S/C19H24N2O4S/c1-14-4-6-17(25-14)15(21-8-10-24-11-9-21)13-20-19(23)7-5-16(22)18-3-2-12-26-18/h2-4,6,12,15H,5,7-11,13H2,1H3,(H,20,23). The van der Waals surface area contributed by atoms with Crippen molar-refractivity contribution in [1.29, 1.82) is 0 Å². The SMILES string of the molecule is Cc1ccc(C(CNC(=O)CCC(=O)c2cccs2)N2CCOCC2)o1. The van der Waals surface area contributed by atoms with Gasteiger partial charge in [-0.2, -0.15) is 0 Å². The van der Waals surface area contributed by atoms with Gasteiger partial charge in [-0.05, 0) is 30.5 Å². The minimum atomic E-state index is -0.114. The van der Waals surface area contributed by atoms with Crippen LogP contribution in [0, 0.1) is 6.92 Å². The molecule has 0 aliphatic carbocycles. The van der Waals surface area contributed by atoms with Crippen molar-refractivity contribution in [3.8, 4) is 0 Å². The Morgan fingerprint density at radius 3 is 2.69 bits per heavy atom. The normalized spacial score (nSPS) is 16.3. The first-order chi connectivity index (χ1) is 12.6. The summed E-state index contributed by atoms with van der Waals surface area (Å²) in [5.41, 5.74) is 0. The Morgan fingerprint density at radius 1 is 1.23 bits per heavy atom. The average molecular weight is 376 g/mol. The summed E-state index contributed by atoms with van der Waals surface area (Å²) in [6, 6.07) is 7.51. The third-order valence-corrected chi connectivity index (χ3v) is 5.35. The van der Waals surface area contributed by atoms with E-state index in [1.54, 1.807) is 6.07 Å². The minimum absolute atomic E-state index is 0.0153. The van der Waals surface area contributed by atoms with Crippen molar-refractivity contribution >= 4 is 23.0 Å². The number of rotatable bonds is 8. The third-order valence-electron chi connectivity index (χ3n) is 4.44. The number of morpholine rings is 1. The summed E-state index contributed by atoms with van der Waals surface area (Å²) in [6.45, 7) is 5.33. The van der Waals surface area contributed by atoms with E-state index in [9.17, 15) is 9.59 Å². The summed E-state index contributed by atoms with van der Waals surface area (Å²) >= 11 is 1.41. The van der Waals surface area contributed by atoms with Crippen LogP contribution in [0.3, 0.4) is 0 Å². The number of nitrogens with zero attached hydrogens (tertiary/aromatic N) is 1. The fraction of sp³-hybridized carbons (Fsp3) is 0.474. The number of hydrogen-bond acceptors (Lipinski definition) is 6. The first-order valence-electron chi connectivity index (χ1n) is 8.85. The molecule has 1 N–H and O–H groups in total. The summed E-state index contributed by atoms with van der Waals surface area (Å²) in [7, 11) is 0. The van der Waals surface area contributed by atoms with E-state index in [0.29, 0.717) is 24.6 Å². The Bertz CT molecular complexity index is 720. The zero-order valence-corrected chi connectivity index (χ0v) is 15.7. The quantitative estimate of drug-likeness (QED) is 0.718. The van der Waals surface area contributed by atoms with Gasteiger partial charge in [-0.15, -0.1) is 11.3 Å². The Hall–Kier alpha value is -1.96. The molecule has 1 aliphatic rings. The predicted octanol–water partition coefficient (Wildman–Crippen LogP) is 2.80. The Morgan fingerprint density at radius 2 is 2.04 bits per heavy atom. The lowest BCUT2D eigenvalue weighted by molar-refractivity contribution is -0.121. The fourth-order valence-electron chi connectivity index (χ4n) is 3.02.